The van der Waals surface area contributed by atoms with Crippen LogP contribution in [0.5, 0.6) is 23.0 Å². The molecule has 1 aliphatic carbocycles. The molecule has 6 aromatic rings. The van der Waals surface area contributed by atoms with Crippen molar-refractivity contribution in [1.82, 2.24) is 9.44 Å². The second-order valence-corrected chi connectivity index (χ2v) is 31.4. The molecule has 15 nitrogen and oxygen atoms in total. The smallest absolute Gasteiger partial charge is 0.264 e. The molecule has 6 aromatic carbocycles. The first-order valence-electron chi connectivity index (χ1n) is 32.1. The van der Waals surface area contributed by atoms with Gasteiger partial charge in [-0.3, -0.25) is 9.59 Å². The van der Waals surface area contributed by atoms with Crippen molar-refractivity contribution in [3.05, 3.63) is 176 Å². The van der Waals surface area contributed by atoms with Crippen LogP contribution in [-0.2, 0) is 91.2 Å². The maximum atomic E-state index is 13.3. The number of hydrogen-bond donors (Lipinski definition) is 2. The van der Waals surface area contributed by atoms with Gasteiger partial charge in [-0.25, -0.2) is 26.3 Å². The molecule has 0 aromatic heterocycles. The van der Waals surface area contributed by atoms with Crippen molar-refractivity contribution in [3.63, 3.8) is 0 Å². The summed E-state index contributed by atoms with van der Waals surface area (Å²) in [6.45, 7) is 29.9. The third kappa shape index (κ3) is 19.6. The summed E-state index contributed by atoms with van der Waals surface area (Å²) >= 11 is 0. The van der Waals surface area contributed by atoms with Gasteiger partial charge in [0, 0.05) is 38.5 Å². The third-order valence-corrected chi connectivity index (χ3v) is 19.1. The average molecular weight is 1290 g/mol. The fourth-order valence-electron chi connectivity index (χ4n) is 11.2. The molecule has 10 bridgehead atoms. The fourth-order valence-corrected chi connectivity index (χ4v) is 13.2. The Morgan fingerprint density at radius 3 is 0.945 bits per heavy atom. The van der Waals surface area contributed by atoms with Gasteiger partial charge in [0.15, 0.2) is 0 Å². The minimum atomic E-state index is -4.05. The fraction of sp³-hybridized carbons (Fsp3) is 0.486. The van der Waals surface area contributed by atoms with E-state index in [4.69, 9.17) is 33.2 Å². The maximum absolute atomic E-state index is 13.3. The van der Waals surface area contributed by atoms with Crippen molar-refractivity contribution in [2.75, 3.05) is 66.1 Å². The number of carbonyl (C=O) groups is 2. The number of rotatable bonds is 16. The van der Waals surface area contributed by atoms with Gasteiger partial charge in [-0.05, 0) is 138 Å². The lowest BCUT2D eigenvalue weighted by molar-refractivity contribution is -0.120. The molecule has 492 valence electrons. The van der Waals surface area contributed by atoms with E-state index in [1.807, 2.05) is 0 Å². The normalized spacial score (nSPS) is 14.9. The predicted octanol–water partition coefficient (Wildman–Crippen LogP) is 13.5. The zero-order chi connectivity index (χ0) is 65.8. The number of carbonyl (C=O) groups excluding carboxylic acids is 2. The number of fused-ring (bicyclic) bond motifs is 4. The summed E-state index contributed by atoms with van der Waals surface area (Å²) in [5, 5.41) is 0. The quantitative estimate of drug-likeness (QED) is 0.0870. The highest BCUT2D eigenvalue weighted by Gasteiger charge is 2.30. The number of hydrogen-bond acceptors (Lipinski definition) is 13. The molecule has 1 heterocycles. The van der Waals surface area contributed by atoms with E-state index in [2.05, 4.69) is 141 Å². The summed E-state index contributed by atoms with van der Waals surface area (Å²) < 4.78 is 104. The number of ether oxygens (including phenoxy) is 7. The van der Waals surface area contributed by atoms with Crippen LogP contribution < -0.4 is 28.4 Å². The van der Waals surface area contributed by atoms with Crippen LogP contribution in [0.3, 0.4) is 0 Å². The first kappa shape index (κ1) is 70.1. The number of unbranched alkanes of at least 4 members (excludes halogenated alkanes) is 2. The van der Waals surface area contributed by atoms with Gasteiger partial charge in [0.1, 0.15) is 36.2 Å². The zero-order valence-electron chi connectivity index (χ0n) is 55.7. The minimum absolute atomic E-state index is 0.0153. The van der Waals surface area contributed by atoms with Gasteiger partial charge in [-0.2, -0.15) is 0 Å². The van der Waals surface area contributed by atoms with Crippen LogP contribution in [0.15, 0.2) is 119 Å². The van der Waals surface area contributed by atoms with Gasteiger partial charge in [0.05, 0.1) is 62.6 Å². The molecule has 0 saturated heterocycles. The number of nitrogens with one attached hydrogen (secondary N) is 2. The summed E-state index contributed by atoms with van der Waals surface area (Å²) in [6.07, 6.45) is 3.22. The lowest BCUT2D eigenvalue weighted by Crippen LogP contribution is -2.30. The Morgan fingerprint density at radius 2 is 0.648 bits per heavy atom. The molecule has 0 spiro atoms. The highest BCUT2D eigenvalue weighted by molar-refractivity contribution is 7.90. The summed E-state index contributed by atoms with van der Waals surface area (Å²) in [7, 11) is -8.10. The van der Waals surface area contributed by atoms with E-state index in [0.717, 1.165) is 78.3 Å². The first-order valence-corrected chi connectivity index (χ1v) is 35.0. The molecule has 0 atom stereocenters. The molecule has 2 amide bonds. The summed E-state index contributed by atoms with van der Waals surface area (Å²) in [4.78, 5) is 26.5. The second kappa shape index (κ2) is 30.3. The highest BCUT2D eigenvalue weighted by atomic mass is 32.2. The summed E-state index contributed by atoms with van der Waals surface area (Å²) in [5.74, 6) is 1.70. The lowest BCUT2D eigenvalue weighted by Gasteiger charge is -2.29. The van der Waals surface area contributed by atoms with Gasteiger partial charge < -0.3 is 33.2 Å². The van der Waals surface area contributed by atoms with Crippen LogP contribution in [0.1, 0.15) is 188 Å². The minimum Gasteiger partial charge on any atom is -0.493 e. The Balaban J connectivity index is 1.31. The number of sulfonamides is 2. The Hall–Kier alpha value is -6.76. The van der Waals surface area contributed by atoms with Crippen LogP contribution in [-0.4, -0.2) is 94.7 Å². The topological polar surface area (TPSA) is 191 Å². The molecule has 17 heteroatoms. The van der Waals surface area contributed by atoms with Crippen molar-refractivity contribution >= 4 is 31.9 Å². The molecule has 1 aliphatic heterocycles. The largest absolute Gasteiger partial charge is 0.493 e. The predicted molar refractivity (Wildman–Crippen MR) is 357 cm³/mol. The first-order chi connectivity index (χ1) is 43.0. The standard InChI is InChI=1S/C74H96N2O13S2/c1-71(2,3)59-43-51-39-52-44-60(72(4,5)6)46-54(68(52)87-30-22-20-28-66(78)76-91(81,82)64-25-17-14-18-26-64)41-56-48-62(74(10,11)12)50-58-42-57-49-61(73(7,8)9)47-55(69(57)88-37-35-84-33-31-83-32-34-85-36-38-89-70(56)58)40-53(45-59)67(51)86-29-21-19-27-65(77)75-90(79,80)63-23-15-13-16-24-63/h13-18,23-26,43-50H,19-22,27-42H2,1-12H3,(H,75,77)(H,76,78). The summed E-state index contributed by atoms with van der Waals surface area (Å²) in [6, 6.07) is 33.9. The third-order valence-electron chi connectivity index (χ3n) is 16.3. The second-order valence-electron chi connectivity index (χ2n) is 28.0. The average Bonchev–Trinajstić information content (AvgIpc) is 0.781. The molecule has 2 aliphatic rings. The van der Waals surface area contributed by atoms with Crippen LogP contribution in [0, 0.1) is 0 Å². The molecule has 0 fully saturated rings. The maximum Gasteiger partial charge on any atom is 0.264 e. The molecular weight excluding hydrogens is 1190 g/mol. The molecule has 2 N–H and O–H groups in total. The van der Waals surface area contributed by atoms with Crippen molar-refractivity contribution in [2.24, 2.45) is 0 Å². The molecule has 0 radical (unpaired) electrons. The van der Waals surface area contributed by atoms with Gasteiger partial charge in [0.25, 0.3) is 20.0 Å². The molecular formula is C74H96N2O13S2. The Bertz CT molecular complexity index is 3470. The monoisotopic (exact) mass is 1280 g/mol. The van der Waals surface area contributed by atoms with E-state index in [1.54, 1.807) is 36.4 Å². The van der Waals surface area contributed by atoms with Crippen molar-refractivity contribution in [2.45, 2.75) is 179 Å². The molecule has 0 unspecified atom stereocenters. The molecule has 0 saturated carbocycles. The zero-order valence-corrected chi connectivity index (χ0v) is 57.3. The number of amides is 2. The van der Waals surface area contributed by atoms with Gasteiger partial charge in [-0.15, -0.1) is 0 Å². The SMILES string of the molecule is CC(C)(C)c1cc2c(OCCCCC(=O)NS(=O)(=O)c3ccccc3)c(c1)Cc1cc(C(C)(C)C)cc3c1OCCOCCOCCOCCOc1c(cc(C(C)(C)C)cc1C3)Cc1cc(C(C)(C)C)cc(c1OCCCCC(=O)NS(=O)(=O)c1ccccc1)C2. The lowest BCUT2D eigenvalue weighted by atomic mass is 9.79. The van der Waals surface area contributed by atoms with Crippen LogP contribution in [0.4, 0.5) is 0 Å². The Kier molecular flexibility index (Phi) is 23.4. The van der Waals surface area contributed by atoms with E-state index in [9.17, 15) is 26.4 Å². The van der Waals surface area contributed by atoms with Crippen LogP contribution >= 0.6 is 0 Å². The van der Waals surface area contributed by atoms with Gasteiger partial charge in [-0.1, -0.05) is 168 Å². The van der Waals surface area contributed by atoms with E-state index >= 15 is 0 Å². The van der Waals surface area contributed by atoms with Crippen LogP contribution in [0.2, 0.25) is 0 Å². The van der Waals surface area contributed by atoms with Crippen molar-refractivity contribution < 1.29 is 59.6 Å². The molecule has 91 heavy (non-hydrogen) atoms. The van der Waals surface area contributed by atoms with Gasteiger partial charge >= 0.3 is 0 Å². The van der Waals surface area contributed by atoms with Crippen molar-refractivity contribution in [3.8, 4) is 23.0 Å². The van der Waals surface area contributed by atoms with E-state index in [1.165, 1.54) is 24.3 Å². The summed E-state index contributed by atoms with van der Waals surface area (Å²) in [5.41, 5.74) is 10.9. The van der Waals surface area contributed by atoms with Gasteiger partial charge in [0.2, 0.25) is 11.8 Å². The Morgan fingerprint density at radius 1 is 0.385 bits per heavy atom. The van der Waals surface area contributed by atoms with Crippen LogP contribution in [0.25, 0.3) is 0 Å². The van der Waals surface area contributed by atoms with E-state index < -0.39 is 31.9 Å². The Labute approximate surface area is 541 Å². The number of benzene rings is 6. The highest BCUT2D eigenvalue weighted by Crippen LogP contribution is 2.45. The molecule has 8 rings (SSSR count). The van der Waals surface area contributed by atoms with E-state index in [-0.39, 0.29) is 70.7 Å². The van der Waals surface area contributed by atoms with E-state index in [0.29, 0.717) is 103 Å². The van der Waals surface area contributed by atoms with Crippen molar-refractivity contribution in [1.29, 1.82) is 0 Å².